The van der Waals surface area contributed by atoms with Crippen molar-refractivity contribution in [1.29, 1.82) is 0 Å². The SMILES string of the molecule is O=C(O)CN1C(=O)/C(=C/C=C/c2ccccc2[N+](=O)[O-])SC1=S. The lowest BCUT2D eigenvalue weighted by atomic mass is 10.1. The number of nitrogens with zero attached hydrogens (tertiary/aromatic N) is 2. The minimum Gasteiger partial charge on any atom is -0.480 e. The number of amides is 1. The first-order valence-corrected chi connectivity index (χ1v) is 7.50. The second kappa shape index (κ2) is 7.16. The van der Waals surface area contributed by atoms with E-state index in [4.69, 9.17) is 17.3 Å². The van der Waals surface area contributed by atoms with Crippen molar-refractivity contribution in [2.75, 3.05) is 6.54 Å². The van der Waals surface area contributed by atoms with E-state index in [1.807, 2.05) is 0 Å². The van der Waals surface area contributed by atoms with Crippen LogP contribution < -0.4 is 0 Å². The van der Waals surface area contributed by atoms with Gasteiger partial charge in [-0.2, -0.15) is 0 Å². The Hall–Kier alpha value is -2.52. The van der Waals surface area contributed by atoms with Crippen molar-refractivity contribution in [2.45, 2.75) is 0 Å². The normalized spacial score (nSPS) is 16.5. The molecule has 0 unspecified atom stereocenters. The number of carbonyl (C=O) groups excluding carboxylic acids is 1. The van der Waals surface area contributed by atoms with E-state index in [1.54, 1.807) is 18.2 Å². The molecule has 0 aromatic heterocycles. The van der Waals surface area contributed by atoms with E-state index in [0.717, 1.165) is 16.7 Å². The fraction of sp³-hybridized carbons (Fsp3) is 0.0714. The fourth-order valence-electron chi connectivity index (χ4n) is 1.82. The Balaban J connectivity index is 2.18. The van der Waals surface area contributed by atoms with Gasteiger partial charge in [0.1, 0.15) is 10.9 Å². The number of carboxylic acid groups (broad SMARTS) is 1. The van der Waals surface area contributed by atoms with E-state index in [-0.39, 0.29) is 14.9 Å². The van der Waals surface area contributed by atoms with Gasteiger partial charge in [-0.15, -0.1) is 0 Å². The molecule has 9 heteroatoms. The topological polar surface area (TPSA) is 101 Å². The largest absolute Gasteiger partial charge is 0.480 e. The highest BCUT2D eigenvalue weighted by atomic mass is 32.2. The van der Waals surface area contributed by atoms with Crippen molar-refractivity contribution < 1.29 is 19.6 Å². The lowest BCUT2D eigenvalue weighted by Crippen LogP contribution is -2.33. The Labute approximate surface area is 140 Å². The molecule has 1 amide bonds. The summed E-state index contributed by atoms with van der Waals surface area (Å²) in [6.45, 7) is -0.490. The monoisotopic (exact) mass is 350 g/mol. The number of thiocarbonyl (C=S) groups is 1. The zero-order chi connectivity index (χ0) is 17.0. The molecule has 0 radical (unpaired) electrons. The standard InChI is InChI=1S/C14H10N2O5S2/c17-12(18)8-15-13(19)11(23-14(15)22)7-3-5-9-4-1-2-6-10(9)16(20)21/h1-7H,8H2,(H,17,18)/b5-3+,11-7-. The number of aliphatic carboxylic acids is 1. The average Bonchev–Trinajstić information content (AvgIpc) is 2.75. The fourth-order valence-corrected chi connectivity index (χ4v) is 3.03. The molecule has 0 bridgehead atoms. The van der Waals surface area contributed by atoms with Crippen LogP contribution in [-0.2, 0) is 9.59 Å². The molecule has 1 aromatic rings. The van der Waals surface area contributed by atoms with E-state index < -0.39 is 23.3 Å². The number of benzene rings is 1. The maximum absolute atomic E-state index is 12.0. The Morgan fingerprint density at radius 2 is 2.13 bits per heavy atom. The molecule has 1 aromatic carbocycles. The molecule has 118 valence electrons. The van der Waals surface area contributed by atoms with Gasteiger partial charge in [0.15, 0.2) is 0 Å². The van der Waals surface area contributed by atoms with Crippen molar-refractivity contribution in [3.05, 3.63) is 57.0 Å². The zero-order valence-corrected chi connectivity index (χ0v) is 13.2. The highest BCUT2D eigenvalue weighted by molar-refractivity contribution is 8.26. The first-order valence-electron chi connectivity index (χ1n) is 6.27. The average molecular weight is 350 g/mol. The third kappa shape index (κ3) is 4.02. The van der Waals surface area contributed by atoms with Crippen LogP contribution in [0.15, 0.2) is 41.3 Å². The third-order valence-corrected chi connectivity index (χ3v) is 4.22. The summed E-state index contributed by atoms with van der Waals surface area (Å²) in [5, 5.41) is 19.6. The smallest absolute Gasteiger partial charge is 0.323 e. The van der Waals surface area contributed by atoms with Gasteiger partial charge in [-0.1, -0.05) is 42.2 Å². The molecule has 1 aliphatic heterocycles. The lowest BCUT2D eigenvalue weighted by Gasteiger charge is -2.09. The first-order chi connectivity index (χ1) is 10.9. The molecule has 1 heterocycles. The molecule has 2 rings (SSSR count). The van der Waals surface area contributed by atoms with Gasteiger partial charge in [-0.05, 0) is 18.2 Å². The van der Waals surface area contributed by atoms with Gasteiger partial charge in [0, 0.05) is 6.07 Å². The van der Waals surface area contributed by atoms with E-state index in [1.165, 1.54) is 24.3 Å². The van der Waals surface area contributed by atoms with E-state index in [9.17, 15) is 19.7 Å². The van der Waals surface area contributed by atoms with Gasteiger partial charge in [0.05, 0.1) is 15.4 Å². The number of nitro groups is 1. The van der Waals surface area contributed by atoms with Crippen LogP contribution in [0.25, 0.3) is 6.08 Å². The Bertz CT molecular complexity index is 757. The van der Waals surface area contributed by atoms with Crippen LogP contribution in [0.5, 0.6) is 0 Å². The summed E-state index contributed by atoms with van der Waals surface area (Å²) in [5.41, 5.74) is 0.352. The lowest BCUT2D eigenvalue weighted by molar-refractivity contribution is -0.385. The summed E-state index contributed by atoms with van der Waals surface area (Å²) in [6.07, 6.45) is 4.45. The van der Waals surface area contributed by atoms with E-state index in [0.29, 0.717) is 5.56 Å². The first kappa shape index (κ1) is 16.8. The molecular weight excluding hydrogens is 340 g/mol. The maximum atomic E-state index is 12.0. The van der Waals surface area contributed by atoms with Gasteiger partial charge in [0.25, 0.3) is 11.6 Å². The van der Waals surface area contributed by atoms with Crippen molar-refractivity contribution in [3.8, 4) is 0 Å². The number of thioether (sulfide) groups is 1. The molecule has 0 spiro atoms. The highest BCUT2D eigenvalue weighted by Crippen LogP contribution is 2.30. The maximum Gasteiger partial charge on any atom is 0.323 e. The van der Waals surface area contributed by atoms with Gasteiger partial charge in [-0.25, -0.2) is 0 Å². The predicted octanol–water partition coefficient (Wildman–Crippen LogP) is 2.44. The number of para-hydroxylation sites is 1. The predicted molar refractivity (Wildman–Crippen MR) is 89.8 cm³/mol. The van der Waals surface area contributed by atoms with Crippen molar-refractivity contribution >= 4 is 51.9 Å². The molecular formula is C14H10N2O5S2. The quantitative estimate of drug-likeness (QED) is 0.377. The van der Waals surface area contributed by atoms with Crippen LogP contribution in [0.4, 0.5) is 5.69 Å². The van der Waals surface area contributed by atoms with Crippen molar-refractivity contribution in [2.24, 2.45) is 0 Å². The van der Waals surface area contributed by atoms with Crippen LogP contribution in [0.2, 0.25) is 0 Å². The summed E-state index contributed by atoms with van der Waals surface area (Å²) in [7, 11) is 0. The summed E-state index contributed by atoms with van der Waals surface area (Å²) in [5.74, 6) is -1.65. The van der Waals surface area contributed by atoms with Crippen molar-refractivity contribution in [1.82, 2.24) is 4.90 Å². The van der Waals surface area contributed by atoms with Crippen LogP contribution in [0, 0.1) is 10.1 Å². The second-order valence-electron chi connectivity index (χ2n) is 4.36. The number of allylic oxidation sites excluding steroid dienone is 2. The Morgan fingerprint density at radius 1 is 1.43 bits per heavy atom. The highest BCUT2D eigenvalue weighted by Gasteiger charge is 2.32. The Kier molecular flexibility index (Phi) is 5.24. The minimum atomic E-state index is -1.15. The second-order valence-corrected chi connectivity index (χ2v) is 6.03. The Morgan fingerprint density at radius 3 is 2.78 bits per heavy atom. The number of carbonyl (C=O) groups is 2. The molecule has 0 saturated carbocycles. The molecule has 23 heavy (non-hydrogen) atoms. The third-order valence-electron chi connectivity index (χ3n) is 2.82. The van der Waals surface area contributed by atoms with Gasteiger partial charge >= 0.3 is 5.97 Å². The molecule has 7 nitrogen and oxygen atoms in total. The summed E-state index contributed by atoms with van der Waals surface area (Å²) in [4.78, 5) is 34.4. The van der Waals surface area contributed by atoms with Crippen LogP contribution in [0.1, 0.15) is 5.56 Å². The number of rotatable bonds is 5. The molecule has 1 aliphatic rings. The minimum absolute atomic E-state index is 0.0458. The number of hydrogen-bond acceptors (Lipinski definition) is 6. The van der Waals surface area contributed by atoms with Gasteiger partial charge in [0.2, 0.25) is 0 Å². The van der Waals surface area contributed by atoms with E-state index >= 15 is 0 Å². The van der Waals surface area contributed by atoms with Gasteiger partial charge in [-0.3, -0.25) is 24.6 Å². The van der Waals surface area contributed by atoms with Crippen LogP contribution in [-0.4, -0.2) is 37.7 Å². The van der Waals surface area contributed by atoms with E-state index in [2.05, 4.69) is 0 Å². The zero-order valence-electron chi connectivity index (χ0n) is 11.5. The summed E-state index contributed by atoms with van der Waals surface area (Å²) < 4.78 is 0.169. The number of carboxylic acids is 1. The number of nitro benzene ring substituents is 1. The summed E-state index contributed by atoms with van der Waals surface area (Å²) >= 11 is 5.95. The molecule has 1 N–H and O–H groups in total. The molecule has 1 fully saturated rings. The van der Waals surface area contributed by atoms with Gasteiger partial charge < -0.3 is 5.11 Å². The number of hydrogen-bond donors (Lipinski definition) is 1. The molecule has 0 atom stereocenters. The molecule has 1 saturated heterocycles. The van der Waals surface area contributed by atoms with Crippen molar-refractivity contribution in [3.63, 3.8) is 0 Å². The molecule has 0 aliphatic carbocycles. The summed E-state index contributed by atoms with van der Waals surface area (Å²) in [6, 6.07) is 6.19. The van der Waals surface area contributed by atoms with Crippen LogP contribution in [0.3, 0.4) is 0 Å². The van der Waals surface area contributed by atoms with Crippen LogP contribution >= 0.6 is 24.0 Å².